The van der Waals surface area contributed by atoms with Crippen molar-refractivity contribution in [1.82, 2.24) is 4.57 Å². The Morgan fingerprint density at radius 2 is 1.72 bits per heavy atom. The average molecular weight is 392 g/mol. The molecule has 0 atom stereocenters. The number of nitriles is 1. The molecule has 0 aliphatic rings. The van der Waals surface area contributed by atoms with Gasteiger partial charge < -0.3 is 9.47 Å². The molecule has 1 heterocycles. The van der Waals surface area contributed by atoms with Gasteiger partial charge in [0, 0.05) is 41.8 Å². The van der Waals surface area contributed by atoms with Crippen molar-refractivity contribution in [3.63, 3.8) is 0 Å². The third-order valence-corrected chi connectivity index (χ3v) is 4.52. The van der Waals surface area contributed by atoms with E-state index in [1.807, 2.05) is 62.8 Å². The van der Waals surface area contributed by atoms with Gasteiger partial charge in [-0.1, -0.05) is 28.1 Å². The molecule has 0 bridgehead atoms. The van der Waals surface area contributed by atoms with Crippen LogP contribution in [0.3, 0.4) is 0 Å². The van der Waals surface area contributed by atoms with Crippen LogP contribution in [0, 0.1) is 11.3 Å². The Morgan fingerprint density at radius 3 is 2.32 bits per heavy atom. The summed E-state index contributed by atoms with van der Waals surface area (Å²) in [6, 6.07) is 22.4. The van der Waals surface area contributed by atoms with Crippen molar-refractivity contribution in [2.24, 2.45) is 0 Å². The molecule has 3 aromatic rings. The molecule has 0 spiro atoms. The van der Waals surface area contributed by atoms with E-state index in [0.717, 1.165) is 27.1 Å². The maximum atomic E-state index is 9.56. The zero-order valence-electron chi connectivity index (χ0n) is 14.1. The first-order chi connectivity index (χ1) is 12.1. The molecule has 0 amide bonds. The topological polar surface area (TPSA) is 32.0 Å². The summed E-state index contributed by atoms with van der Waals surface area (Å²) >= 11 is 3.43. The van der Waals surface area contributed by atoms with Crippen molar-refractivity contribution < 1.29 is 0 Å². The first kappa shape index (κ1) is 17.1. The molecule has 0 aliphatic carbocycles. The Balaban J connectivity index is 1.98. The fourth-order valence-electron chi connectivity index (χ4n) is 2.62. The summed E-state index contributed by atoms with van der Waals surface area (Å²) in [5.41, 5.74) is 4.73. The van der Waals surface area contributed by atoms with Crippen LogP contribution in [-0.2, 0) is 0 Å². The smallest absolute Gasteiger partial charge is 0.0998 e. The molecule has 2 aromatic carbocycles. The van der Waals surface area contributed by atoms with E-state index in [-0.39, 0.29) is 0 Å². The largest absolute Gasteiger partial charge is 0.378 e. The van der Waals surface area contributed by atoms with E-state index in [1.54, 1.807) is 0 Å². The van der Waals surface area contributed by atoms with Gasteiger partial charge in [0.2, 0.25) is 0 Å². The lowest BCUT2D eigenvalue weighted by Crippen LogP contribution is -2.08. The molecule has 0 N–H and O–H groups in total. The van der Waals surface area contributed by atoms with Gasteiger partial charge in [-0.3, -0.25) is 0 Å². The van der Waals surface area contributed by atoms with Crippen LogP contribution in [0.25, 0.3) is 17.3 Å². The lowest BCUT2D eigenvalue weighted by atomic mass is 10.1. The van der Waals surface area contributed by atoms with Gasteiger partial charge in [-0.2, -0.15) is 5.26 Å². The van der Waals surface area contributed by atoms with Crippen LogP contribution in [0.1, 0.15) is 11.3 Å². The fraction of sp³-hybridized carbons (Fsp3) is 0.0952. The van der Waals surface area contributed by atoms with Gasteiger partial charge in [0.15, 0.2) is 0 Å². The quantitative estimate of drug-likeness (QED) is 0.559. The third-order valence-electron chi connectivity index (χ3n) is 3.99. The summed E-state index contributed by atoms with van der Waals surface area (Å²) in [7, 11) is 4.05. The number of benzene rings is 2. The van der Waals surface area contributed by atoms with E-state index in [0.29, 0.717) is 5.57 Å². The van der Waals surface area contributed by atoms with Crippen LogP contribution in [0.4, 0.5) is 5.69 Å². The minimum Gasteiger partial charge on any atom is -0.378 e. The molecule has 3 nitrogen and oxygen atoms in total. The minimum absolute atomic E-state index is 0.636. The van der Waals surface area contributed by atoms with Crippen LogP contribution in [0.5, 0.6) is 0 Å². The van der Waals surface area contributed by atoms with E-state index < -0.39 is 0 Å². The predicted molar refractivity (Wildman–Crippen MR) is 108 cm³/mol. The molecule has 0 aliphatic heterocycles. The van der Waals surface area contributed by atoms with Gasteiger partial charge in [0.25, 0.3) is 0 Å². The molecule has 0 saturated carbocycles. The van der Waals surface area contributed by atoms with E-state index in [1.165, 1.54) is 0 Å². The molecule has 4 heteroatoms. The Bertz CT molecular complexity index is 927. The Morgan fingerprint density at radius 1 is 1.04 bits per heavy atom. The highest BCUT2D eigenvalue weighted by Crippen LogP contribution is 2.23. The average Bonchev–Trinajstić information content (AvgIpc) is 3.09. The van der Waals surface area contributed by atoms with Crippen molar-refractivity contribution in [3.8, 4) is 11.8 Å². The van der Waals surface area contributed by atoms with E-state index in [4.69, 9.17) is 0 Å². The number of rotatable bonds is 4. The van der Waals surface area contributed by atoms with Crippen LogP contribution < -0.4 is 4.90 Å². The highest BCUT2D eigenvalue weighted by Gasteiger charge is 2.06. The van der Waals surface area contributed by atoms with Crippen molar-refractivity contribution in [3.05, 3.63) is 82.6 Å². The van der Waals surface area contributed by atoms with Crippen molar-refractivity contribution in [1.29, 1.82) is 5.26 Å². The zero-order chi connectivity index (χ0) is 17.8. The number of halogens is 1. The molecular weight excluding hydrogens is 374 g/mol. The van der Waals surface area contributed by atoms with Gasteiger partial charge in [0.1, 0.15) is 0 Å². The first-order valence-electron chi connectivity index (χ1n) is 7.91. The second-order valence-electron chi connectivity index (χ2n) is 5.89. The van der Waals surface area contributed by atoms with Crippen molar-refractivity contribution in [2.45, 2.75) is 0 Å². The molecule has 1 aromatic heterocycles. The lowest BCUT2D eigenvalue weighted by molar-refractivity contribution is 1.06. The molecular formula is C21H18BrN3. The predicted octanol–water partition coefficient (Wildman–Crippen LogP) is 5.37. The number of allylic oxidation sites excluding steroid dienone is 1. The van der Waals surface area contributed by atoms with Gasteiger partial charge in [-0.25, -0.2) is 0 Å². The van der Waals surface area contributed by atoms with Gasteiger partial charge in [-0.15, -0.1) is 0 Å². The van der Waals surface area contributed by atoms with Crippen LogP contribution in [0.2, 0.25) is 0 Å². The SMILES string of the molecule is CN(C)c1ccc(-n2cccc2/C=C(\C#N)c2ccc(Br)cc2)cc1. The second-order valence-corrected chi connectivity index (χ2v) is 6.81. The zero-order valence-corrected chi connectivity index (χ0v) is 15.7. The Hall–Kier alpha value is -2.77. The molecule has 124 valence electrons. The number of nitrogens with zero attached hydrogens (tertiary/aromatic N) is 3. The highest BCUT2D eigenvalue weighted by molar-refractivity contribution is 9.10. The standard InChI is InChI=1S/C21H18BrN3/c1-24(2)19-9-11-20(12-10-19)25-13-3-4-21(25)14-17(15-23)16-5-7-18(22)8-6-16/h3-14H,1-2H3/b17-14+. The van der Waals surface area contributed by atoms with E-state index >= 15 is 0 Å². The summed E-state index contributed by atoms with van der Waals surface area (Å²) in [6.45, 7) is 0. The maximum Gasteiger partial charge on any atom is 0.0998 e. The van der Waals surface area contributed by atoms with Crippen molar-refractivity contribution in [2.75, 3.05) is 19.0 Å². The fourth-order valence-corrected chi connectivity index (χ4v) is 2.88. The first-order valence-corrected chi connectivity index (χ1v) is 8.70. The number of hydrogen-bond donors (Lipinski definition) is 0. The van der Waals surface area contributed by atoms with E-state index in [2.05, 4.69) is 55.7 Å². The monoisotopic (exact) mass is 391 g/mol. The van der Waals surface area contributed by atoms with Gasteiger partial charge >= 0.3 is 0 Å². The van der Waals surface area contributed by atoms with Crippen molar-refractivity contribution >= 4 is 33.3 Å². The minimum atomic E-state index is 0.636. The molecule has 3 rings (SSSR count). The lowest BCUT2D eigenvalue weighted by Gasteiger charge is -2.14. The Labute approximate surface area is 156 Å². The molecule has 0 fully saturated rings. The third kappa shape index (κ3) is 3.84. The normalized spacial score (nSPS) is 11.2. The molecule has 25 heavy (non-hydrogen) atoms. The molecule has 0 unspecified atom stereocenters. The molecule has 0 saturated heterocycles. The summed E-state index contributed by atoms with van der Waals surface area (Å²) in [5.74, 6) is 0. The van der Waals surface area contributed by atoms with Gasteiger partial charge in [0.05, 0.1) is 11.6 Å². The Kier molecular flexibility index (Phi) is 5.06. The summed E-state index contributed by atoms with van der Waals surface area (Å²) in [6.07, 6.45) is 3.93. The van der Waals surface area contributed by atoms with Crippen LogP contribution in [-0.4, -0.2) is 18.7 Å². The number of hydrogen-bond acceptors (Lipinski definition) is 2. The van der Waals surface area contributed by atoms with Crippen LogP contribution >= 0.6 is 15.9 Å². The molecule has 0 radical (unpaired) electrons. The van der Waals surface area contributed by atoms with E-state index in [9.17, 15) is 5.26 Å². The summed E-state index contributed by atoms with van der Waals surface area (Å²) in [4.78, 5) is 2.07. The highest BCUT2D eigenvalue weighted by atomic mass is 79.9. The summed E-state index contributed by atoms with van der Waals surface area (Å²) < 4.78 is 3.08. The maximum absolute atomic E-state index is 9.56. The van der Waals surface area contributed by atoms with Crippen LogP contribution in [0.15, 0.2) is 71.3 Å². The summed E-state index contributed by atoms with van der Waals surface area (Å²) in [5, 5.41) is 9.56. The number of aromatic nitrogens is 1. The second kappa shape index (κ2) is 7.42. The number of anilines is 1. The van der Waals surface area contributed by atoms with Gasteiger partial charge in [-0.05, 0) is 60.2 Å².